The number of rotatable bonds is 6. The molecule has 1 saturated carbocycles. The van der Waals surface area contributed by atoms with Crippen molar-refractivity contribution in [3.8, 4) is 0 Å². The van der Waals surface area contributed by atoms with Gasteiger partial charge in [-0.2, -0.15) is 11.8 Å². The summed E-state index contributed by atoms with van der Waals surface area (Å²) in [6, 6.07) is 7.93. The van der Waals surface area contributed by atoms with E-state index in [-0.39, 0.29) is 11.4 Å². The van der Waals surface area contributed by atoms with Crippen LogP contribution in [0.15, 0.2) is 24.3 Å². The van der Waals surface area contributed by atoms with E-state index in [4.69, 9.17) is 16.3 Å². The molecule has 4 heteroatoms. The fourth-order valence-electron chi connectivity index (χ4n) is 1.94. The molecule has 1 aromatic rings. The van der Waals surface area contributed by atoms with E-state index >= 15 is 0 Å². The van der Waals surface area contributed by atoms with Crippen LogP contribution in [-0.4, -0.2) is 18.8 Å². The number of carbonyl (C=O) groups is 1. The van der Waals surface area contributed by atoms with Gasteiger partial charge >= 0.3 is 5.97 Å². The van der Waals surface area contributed by atoms with Crippen molar-refractivity contribution in [3.63, 3.8) is 0 Å². The molecular weight excluding hydrogens is 268 g/mol. The molecule has 0 N–H and O–H groups in total. The van der Waals surface area contributed by atoms with Crippen molar-refractivity contribution < 1.29 is 9.53 Å². The number of hydrogen-bond acceptors (Lipinski definition) is 3. The maximum atomic E-state index is 11.3. The lowest BCUT2D eigenvalue weighted by molar-refractivity contribution is -0.141. The van der Waals surface area contributed by atoms with Crippen molar-refractivity contribution >= 4 is 29.3 Å². The molecule has 2 rings (SSSR count). The smallest absolute Gasteiger partial charge is 0.306 e. The molecule has 18 heavy (non-hydrogen) atoms. The first kappa shape index (κ1) is 13.8. The second kappa shape index (κ2) is 5.98. The number of thioether (sulfide) groups is 1. The van der Waals surface area contributed by atoms with Crippen LogP contribution in [0.2, 0.25) is 5.02 Å². The van der Waals surface area contributed by atoms with Crippen molar-refractivity contribution in [2.24, 2.45) is 5.41 Å². The average Bonchev–Trinajstić information content (AvgIpc) is 3.09. The molecule has 0 saturated heterocycles. The molecular formula is C14H17ClO2S. The third kappa shape index (κ3) is 3.92. The number of esters is 1. The summed E-state index contributed by atoms with van der Waals surface area (Å²) in [6.45, 7) is 0. The Morgan fingerprint density at radius 2 is 2.28 bits per heavy atom. The maximum absolute atomic E-state index is 11.3. The normalized spacial score (nSPS) is 16.3. The van der Waals surface area contributed by atoms with Gasteiger partial charge in [0, 0.05) is 10.8 Å². The van der Waals surface area contributed by atoms with Crippen LogP contribution in [0.25, 0.3) is 0 Å². The van der Waals surface area contributed by atoms with E-state index in [1.807, 2.05) is 30.0 Å². The molecule has 98 valence electrons. The summed E-state index contributed by atoms with van der Waals surface area (Å²) in [5.74, 6) is 1.88. The minimum atomic E-state index is -0.0872. The van der Waals surface area contributed by atoms with E-state index in [0.29, 0.717) is 6.42 Å². The summed E-state index contributed by atoms with van der Waals surface area (Å²) >= 11 is 7.81. The van der Waals surface area contributed by atoms with Crippen LogP contribution in [0.5, 0.6) is 0 Å². The third-order valence-corrected chi connectivity index (χ3v) is 4.86. The molecule has 0 radical (unpaired) electrons. The fourth-order valence-corrected chi connectivity index (χ4v) is 3.49. The number of carbonyl (C=O) groups excluding carboxylic acids is 1. The molecule has 2 nitrogen and oxygen atoms in total. The number of halogens is 1. The van der Waals surface area contributed by atoms with Crippen LogP contribution in [0, 0.1) is 5.41 Å². The van der Waals surface area contributed by atoms with Gasteiger partial charge in [-0.15, -0.1) is 0 Å². The summed E-state index contributed by atoms with van der Waals surface area (Å²) in [4.78, 5) is 11.3. The summed E-state index contributed by atoms with van der Waals surface area (Å²) in [5, 5.41) is 0.781. The van der Waals surface area contributed by atoms with Crippen molar-refractivity contribution in [2.45, 2.75) is 25.0 Å². The van der Waals surface area contributed by atoms with Crippen LogP contribution < -0.4 is 0 Å². The first-order valence-corrected chi connectivity index (χ1v) is 7.56. The monoisotopic (exact) mass is 284 g/mol. The molecule has 1 aliphatic rings. The highest BCUT2D eigenvalue weighted by atomic mass is 35.5. The Morgan fingerprint density at radius 1 is 1.50 bits per heavy atom. The van der Waals surface area contributed by atoms with Gasteiger partial charge < -0.3 is 4.74 Å². The summed E-state index contributed by atoms with van der Waals surface area (Å²) < 4.78 is 4.74. The minimum absolute atomic E-state index is 0.0872. The lowest BCUT2D eigenvalue weighted by Gasteiger charge is -2.13. The topological polar surface area (TPSA) is 26.3 Å². The number of methoxy groups -OCH3 is 1. The molecule has 0 aromatic heterocycles. The zero-order valence-corrected chi connectivity index (χ0v) is 12.0. The van der Waals surface area contributed by atoms with E-state index in [1.165, 1.54) is 12.7 Å². The van der Waals surface area contributed by atoms with E-state index < -0.39 is 0 Å². The second-order valence-electron chi connectivity index (χ2n) is 4.88. The van der Waals surface area contributed by atoms with Crippen LogP contribution in [0.4, 0.5) is 0 Å². The van der Waals surface area contributed by atoms with Crippen molar-refractivity contribution in [1.29, 1.82) is 0 Å². The molecule has 0 heterocycles. The molecule has 1 aromatic carbocycles. The van der Waals surface area contributed by atoms with E-state index in [9.17, 15) is 4.79 Å². The summed E-state index contributed by atoms with van der Waals surface area (Å²) in [5.41, 5.74) is 1.44. The molecule has 0 atom stereocenters. The Bertz CT molecular complexity index is 430. The van der Waals surface area contributed by atoms with E-state index in [2.05, 4.69) is 6.07 Å². The minimum Gasteiger partial charge on any atom is -0.469 e. The first-order chi connectivity index (χ1) is 8.63. The van der Waals surface area contributed by atoms with Crippen molar-refractivity contribution in [3.05, 3.63) is 34.9 Å². The van der Waals surface area contributed by atoms with E-state index in [1.54, 1.807) is 0 Å². The Balaban J connectivity index is 1.77. The summed E-state index contributed by atoms with van der Waals surface area (Å²) in [7, 11) is 1.46. The number of ether oxygens (including phenoxy) is 1. The highest BCUT2D eigenvalue weighted by Crippen LogP contribution is 2.51. The van der Waals surface area contributed by atoms with E-state index in [0.717, 1.165) is 29.4 Å². The first-order valence-electron chi connectivity index (χ1n) is 6.03. The zero-order chi connectivity index (χ0) is 13.0. The van der Waals surface area contributed by atoms with Gasteiger partial charge in [0.15, 0.2) is 0 Å². The third-order valence-electron chi connectivity index (χ3n) is 3.27. The molecule has 0 spiro atoms. The van der Waals surface area contributed by atoms with Crippen molar-refractivity contribution in [1.82, 2.24) is 0 Å². The van der Waals surface area contributed by atoms with Crippen LogP contribution in [0.1, 0.15) is 24.8 Å². The molecule has 0 aliphatic heterocycles. The lowest BCUT2D eigenvalue weighted by Crippen LogP contribution is -2.13. The molecule has 0 amide bonds. The Labute approximate surface area is 117 Å². The highest BCUT2D eigenvalue weighted by Gasteiger charge is 2.44. The van der Waals surface area contributed by atoms with Crippen molar-refractivity contribution in [2.75, 3.05) is 12.9 Å². The number of benzene rings is 1. The SMILES string of the molecule is COC(=O)CC1(CSCc2cccc(Cl)c2)CC1. The quantitative estimate of drug-likeness (QED) is 0.741. The van der Waals surface area contributed by atoms with Crippen LogP contribution in [-0.2, 0) is 15.3 Å². The van der Waals surface area contributed by atoms with Crippen LogP contribution >= 0.6 is 23.4 Å². The van der Waals surface area contributed by atoms with Gasteiger partial charge in [0.25, 0.3) is 0 Å². The molecule has 0 unspecified atom stereocenters. The number of hydrogen-bond donors (Lipinski definition) is 0. The highest BCUT2D eigenvalue weighted by molar-refractivity contribution is 7.98. The van der Waals surface area contributed by atoms with Gasteiger partial charge in [0.2, 0.25) is 0 Å². The Morgan fingerprint density at radius 3 is 2.89 bits per heavy atom. The fraction of sp³-hybridized carbons (Fsp3) is 0.500. The zero-order valence-electron chi connectivity index (χ0n) is 10.4. The van der Waals surface area contributed by atoms with Gasteiger partial charge in [0.1, 0.15) is 0 Å². The van der Waals surface area contributed by atoms with Gasteiger partial charge in [0.05, 0.1) is 13.5 Å². The standard InChI is InChI=1S/C14H17ClO2S/c1-17-13(16)8-14(5-6-14)10-18-9-11-3-2-4-12(15)7-11/h2-4,7H,5-6,8-10H2,1H3. The average molecular weight is 285 g/mol. The Kier molecular flexibility index (Phi) is 4.57. The van der Waals surface area contributed by atoms with Crippen LogP contribution in [0.3, 0.4) is 0 Å². The van der Waals surface area contributed by atoms with Gasteiger partial charge in [-0.25, -0.2) is 0 Å². The van der Waals surface area contributed by atoms with Gasteiger partial charge in [-0.3, -0.25) is 4.79 Å². The molecule has 1 aliphatic carbocycles. The molecule has 1 fully saturated rings. The maximum Gasteiger partial charge on any atom is 0.306 e. The van der Waals surface area contributed by atoms with Gasteiger partial charge in [-0.1, -0.05) is 23.7 Å². The summed E-state index contributed by atoms with van der Waals surface area (Å²) in [6.07, 6.45) is 2.85. The van der Waals surface area contributed by atoms with Gasteiger partial charge in [-0.05, 0) is 41.7 Å². The predicted molar refractivity (Wildman–Crippen MR) is 75.9 cm³/mol. The Hall–Kier alpha value is -0.670. The lowest BCUT2D eigenvalue weighted by atomic mass is 10.1. The second-order valence-corrected chi connectivity index (χ2v) is 6.30. The molecule has 0 bridgehead atoms. The predicted octanol–water partition coefficient (Wildman–Crippen LogP) is 3.92. The largest absolute Gasteiger partial charge is 0.469 e.